The van der Waals surface area contributed by atoms with Crippen molar-refractivity contribution in [2.45, 2.75) is 38.5 Å². The number of nitrogens with zero attached hydrogens (tertiary/aromatic N) is 1. The van der Waals surface area contributed by atoms with Crippen LogP contribution >= 0.6 is 0 Å². The van der Waals surface area contributed by atoms with Gasteiger partial charge in [-0.1, -0.05) is 6.58 Å². The fraction of sp³-hybridized carbons (Fsp3) is 0.444. The quantitative estimate of drug-likeness (QED) is 0.636. The molecule has 2 heterocycles. The maximum Gasteiger partial charge on any atom is 0.235 e. The highest BCUT2D eigenvalue weighted by Crippen LogP contribution is 2.50. The van der Waals surface area contributed by atoms with Crippen molar-refractivity contribution < 1.29 is 14.3 Å². The number of benzene rings is 1. The van der Waals surface area contributed by atoms with Gasteiger partial charge in [0.15, 0.2) is 0 Å². The Morgan fingerprint density at radius 3 is 2.55 bits per heavy atom. The van der Waals surface area contributed by atoms with Crippen molar-refractivity contribution in [3.63, 3.8) is 0 Å². The molecule has 2 fully saturated rings. The molecule has 0 bridgehead atoms. The van der Waals surface area contributed by atoms with Gasteiger partial charge in [-0.05, 0) is 50.6 Å². The minimum absolute atomic E-state index is 0.00476. The van der Waals surface area contributed by atoms with Crippen LogP contribution in [0.15, 0.2) is 42.1 Å². The third-order valence-corrected chi connectivity index (χ3v) is 4.69. The normalized spacial score (nSPS) is 28.6. The average Bonchev–Trinajstić information content (AvgIpc) is 2.74. The van der Waals surface area contributed by atoms with E-state index in [1.54, 1.807) is 7.11 Å². The Labute approximate surface area is 131 Å². The number of ether oxygens (including phenoxy) is 2. The standard InChI is InChI=1S/C18H21NO3/c1-6-11(2)16-15-14(18(3,4)22-16)17(20)19(15)12-7-9-13(21-5)10-8-12/h7-10,14-16H,1H2,2-5H3/t14-,15-,16+/m0/s1. The predicted octanol–water partition coefficient (Wildman–Crippen LogP) is 2.94. The van der Waals surface area contributed by atoms with Crippen molar-refractivity contribution in [2.24, 2.45) is 5.92 Å². The molecule has 2 aliphatic heterocycles. The molecule has 1 aromatic carbocycles. The van der Waals surface area contributed by atoms with Crippen LogP contribution in [0, 0.1) is 5.92 Å². The van der Waals surface area contributed by atoms with Crippen molar-refractivity contribution in [3.05, 3.63) is 42.1 Å². The monoisotopic (exact) mass is 299 g/mol. The Bertz CT molecular complexity index is 655. The molecular weight excluding hydrogens is 278 g/mol. The SMILES string of the molecule is C=C=C(C)[C@H]1OC(C)(C)[C@@H]2C(=O)N(c3ccc(OC)cc3)[C@H]12. The summed E-state index contributed by atoms with van der Waals surface area (Å²) in [5.41, 5.74) is 4.26. The van der Waals surface area contributed by atoms with Crippen LogP contribution in [-0.2, 0) is 9.53 Å². The minimum Gasteiger partial charge on any atom is -0.497 e. The highest BCUT2D eigenvalue weighted by molar-refractivity contribution is 6.04. The molecule has 0 N–H and O–H groups in total. The molecule has 4 nitrogen and oxygen atoms in total. The van der Waals surface area contributed by atoms with Crippen LogP contribution in [0.5, 0.6) is 5.75 Å². The highest BCUT2D eigenvalue weighted by Gasteiger charge is 2.64. The molecule has 3 atom stereocenters. The first kappa shape index (κ1) is 14.9. The van der Waals surface area contributed by atoms with E-state index in [0.717, 1.165) is 17.0 Å². The number of carbonyl (C=O) groups is 1. The van der Waals surface area contributed by atoms with Crippen molar-refractivity contribution in [3.8, 4) is 5.75 Å². The van der Waals surface area contributed by atoms with Gasteiger partial charge in [0.1, 0.15) is 11.9 Å². The van der Waals surface area contributed by atoms with Crippen LogP contribution in [0.2, 0.25) is 0 Å². The van der Waals surface area contributed by atoms with Crippen molar-refractivity contribution >= 4 is 11.6 Å². The predicted molar refractivity (Wildman–Crippen MR) is 85.0 cm³/mol. The molecule has 1 aromatic rings. The van der Waals surface area contributed by atoms with Gasteiger partial charge in [0.25, 0.3) is 0 Å². The minimum atomic E-state index is -0.465. The molecule has 0 aromatic heterocycles. The van der Waals surface area contributed by atoms with Crippen LogP contribution in [0.4, 0.5) is 5.69 Å². The summed E-state index contributed by atoms with van der Waals surface area (Å²) in [4.78, 5) is 14.5. The van der Waals surface area contributed by atoms with Gasteiger partial charge in [0.2, 0.25) is 5.91 Å². The van der Waals surface area contributed by atoms with Crippen LogP contribution in [0.1, 0.15) is 20.8 Å². The van der Waals surface area contributed by atoms with Gasteiger partial charge in [-0.3, -0.25) is 4.79 Å². The topological polar surface area (TPSA) is 38.8 Å². The number of hydrogen-bond donors (Lipinski definition) is 0. The van der Waals surface area contributed by atoms with Gasteiger partial charge in [0, 0.05) is 5.69 Å². The fourth-order valence-corrected chi connectivity index (χ4v) is 3.49. The zero-order valence-corrected chi connectivity index (χ0v) is 13.4. The third-order valence-electron chi connectivity index (χ3n) is 4.69. The summed E-state index contributed by atoms with van der Waals surface area (Å²) < 4.78 is 11.3. The summed E-state index contributed by atoms with van der Waals surface area (Å²) in [6.45, 7) is 9.62. The molecule has 0 unspecified atom stereocenters. The summed E-state index contributed by atoms with van der Waals surface area (Å²) in [7, 11) is 1.63. The van der Waals surface area contributed by atoms with Crippen molar-refractivity contribution in [1.82, 2.24) is 0 Å². The van der Waals surface area contributed by atoms with E-state index in [-0.39, 0.29) is 24.0 Å². The van der Waals surface area contributed by atoms with Crippen LogP contribution in [0.3, 0.4) is 0 Å². The molecular formula is C18H21NO3. The number of rotatable bonds is 3. The Hall–Kier alpha value is -2.03. The fourth-order valence-electron chi connectivity index (χ4n) is 3.49. The van der Waals surface area contributed by atoms with E-state index in [2.05, 4.69) is 12.3 Å². The number of β-lactam (4-membered cyclic amide) rings is 1. The summed E-state index contributed by atoms with van der Waals surface area (Å²) in [5.74, 6) is 0.762. The largest absolute Gasteiger partial charge is 0.497 e. The lowest BCUT2D eigenvalue weighted by Crippen LogP contribution is -2.65. The molecule has 2 saturated heterocycles. The van der Waals surface area contributed by atoms with Gasteiger partial charge < -0.3 is 14.4 Å². The second kappa shape index (κ2) is 5.01. The number of anilines is 1. The summed E-state index contributed by atoms with van der Waals surface area (Å²) in [5, 5.41) is 0. The van der Waals surface area contributed by atoms with E-state index in [9.17, 15) is 4.79 Å². The second-order valence-electron chi connectivity index (χ2n) is 6.38. The molecule has 22 heavy (non-hydrogen) atoms. The molecule has 116 valence electrons. The number of carbonyl (C=O) groups excluding carboxylic acids is 1. The maximum atomic E-state index is 12.6. The van der Waals surface area contributed by atoms with E-state index in [4.69, 9.17) is 9.47 Å². The molecule has 0 saturated carbocycles. The van der Waals surface area contributed by atoms with E-state index in [0.29, 0.717) is 0 Å². The summed E-state index contributed by atoms with van der Waals surface area (Å²) in [6, 6.07) is 7.54. The maximum absolute atomic E-state index is 12.6. The Morgan fingerprint density at radius 1 is 1.36 bits per heavy atom. The Morgan fingerprint density at radius 2 is 2.00 bits per heavy atom. The first-order valence-electron chi connectivity index (χ1n) is 7.42. The van der Waals surface area contributed by atoms with Gasteiger partial charge in [0.05, 0.1) is 24.7 Å². The first-order valence-corrected chi connectivity index (χ1v) is 7.42. The van der Waals surface area contributed by atoms with Crippen molar-refractivity contribution in [2.75, 3.05) is 12.0 Å². The van der Waals surface area contributed by atoms with Gasteiger partial charge in [-0.15, -0.1) is 5.73 Å². The van der Waals surface area contributed by atoms with E-state index in [1.165, 1.54) is 0 Å². The van der Waals surface area contributed by atoms with E-state index >= 15 is 0 Å². The lowest BCUT2D eigenvalue weighted by Gasteiger charge is -2.46. The highest BCUT2D eigenvalue weighted by atomic mass is 16.5. The first-order chi connectivity index (χ1) is 10.4. The van der Waals surface area contributed by atoms with E-state index < -0.39 is 5.60 Å². The van der Waals surface area contributed by atoms with Crippen molar-refractivity contribution in [1.29, 1.82) is 0 Å². The molecule has 0 spiro atoms. The lowest BCUT2D eigenvalue weighted by atomic mass is 9.75. The Kier molecular flexibility index (Phi) is 3.39. The summed E-state index contributed by atoms with van der Waals surface area (Å²) >= 11 is 0. The van der Waals surface area contributed by atoms with Crippen LogP contribution < -0.4 is 9.64 Å². The lowest BCUT2D eigenvalue weighted by molar-refractivity contribution is -0.133. The third kappa shape index (κ3) is 1.99. The van der Waals surface area contributed by atoms with Gasteiger partial charge in [-0.25, -0.2) is 0 Å². The van der Waals surface area contributed by atoms with Gasteiger partial charge >= 0.3 is 0 Å². The van der Waals surface area contributed by atoms with Gasteiger partial charge in [-0.2, -0.15) is 0 Å². The number of hydrogen-bond acceptors (Lipinski definition) is 3. The van der Waals surface area contributed by atoms with Crippen LogP contribution in [-0.4, -0.2) is 30.8 Å². The van der Waals surface area contributed by atoms with E-state index in [1.807, 2.05) is 49.9 Å². The average molecular weight is 299 g/mol. The smallest absolute Gasteiger partial charge is 0.235 e. The molecule has 0 radical (unpaired) electrons. The zero-order valence-electron chi connectivity index (χ0n) is 13.4. The number of fused-ring (bicyclic) bond motifs is 1. The zero-order chi connectivity index (χ0) is 16.1. The molecule has 3 rings (SSSR count). The molecule has 2 aliphatic rings. The summed E-state index contributed by atoms with van der Waals surface area (Å²) in [6.07, 6.45) is -0.155. The van der Waals surface area contributed by atoms with Crippen LogP contribution in [0.25, 0.3) is 0 Å². The number of amides is 1. The second-order valence-corrected chi connectivity index (χ2v) is 6.38. The molecule has 0 aliphatic carbocycles. The number of methoxy groups -OCH3 is 1. The molecule has 1 amide bonds. The Balaban J connectivity index is 1.96. The molecule has 4 heteroatoms.